The largest absolute Gasteiger partial charge is 0.480 e. The van der Waals surface area contributed by atoms with Gasteiger partial charge in [0.1, 0.15) is 11.7 Å². The highest BCUT2D eigenvalue weighted by Crippen LogP contribution is 2.11. The number of carbonyl (C=O) groups is 2. The van der Waals surface area contributed by atoms with Crippen molar-refractivity contribution in [1.29, 1.82) is 0 Å². The van der Waals surface area contributed by atoms with Gasteiger partial charge in [-0.15, -0.1) is 0 Å². The Balaban J connectivity index is 2.19. The molecule has 2 heterocycles. The maximum absolute atomic E-state index is 12.2. The molecule has 2 aromatic rings. The highest BCUT2D eigenvalue weighted by molar-refractivity contribution is 5.95. The van der Waals surface area contributed by atoms with Gasteiger partial charge in [-0.3, -0.25) is 9.78 Å². The summed E-state index contributed by atoms with van der Waals surface area (Å²) in [7, 11) is 0. The molecule has 0 fully saturated rings. The lowest BCUT2D eigenvalue weighted by Gasteiger charge is -2.19. The van der Waals surface area contributed by atoms with Crippen molar-refractivity contribution in [3.8, 4) is 5.69 Å². The number of nitrogens with zero attached hydrogens (tertiary/aromatic N) is 3. The predicted octanol–water partition coefficient (Wildman–Crippen LogP) is 1.50. The molecular formula is C15H18N4O3. The summed E-state index contributed by atoms with van der Waals surface area (Å²) in [4.78, 5) is 31.5. The molecule has 2 rings (SSSR count). The molecule has 0 saturated heterocycles. The first-order valence-corrected chi connectivity index (χ1v) is 7.01. The first-order valence-electron chi connectivity index (χ1n) is 7.01. The normalized spacial score (nSPS) is 13.4. The fourth-order valence-corrected chi connectivity index (χ4v) is 2.01. The lowest BCUT2D eigenvalue weighted by atomic mass is 9.99. The Bertz CT molecular complexity index is 655. The standard InChI is InChI=1S/C15H18N4O3/c1-3-10(2)13(15(21)22)18-14(20)12-8-11(4-5-17-12)19-7-6-16-9-19/h4-10,13H,3H2,1-2H3,(H,18,20)(H,21,22)/t10-,13-/m0/s1. The number of hydrogen-bond acceptors (Lipinski definition) is 4. The van der Waals surface area contributed by atoms with Crippen molar-refractivity contribution in [2.45, 2.75) is 26.3 Å². The second-order valence-electron chi connectivity index (χ2n) is 5.04. The number of rotatable bonds is 6. The summed E-state index contributed by atoms with van der Waals surface area (Å²) in [6.45, 7) is 3.67. The van der Waals surface area contributed by atoms with Crippen LogP contribution in [0, 0.1) is 5.92 Å². The fourth-order valence-electron chi connectivity index (χ4n) is 2.01. The highest BCUT2D eigenvalue weighted by Gasteiger charge is 2.26. The number of amides is 1. The molecule has 0 aromatic carbocycles. The van der Waals surface area contributed by atoms with Crippen LogP contribution in [0.2, 0.25) is 0 Å². The van der Waals surface area contributed by atoms with Gasteiger partial charge < -0.3 is 15.0 Å². The van der Waals surface area contributed by atoms with Crippen LogP contribution in [0.1, 0.15) is 30.8 Å². The number of carboxylic acid groups (broad SMARTS) is 1. The van der Waals surface area contributed by atoms with E-state index in [9.17, 15) is 14.7 Å². The Hall–Kier alpha value is -2.70. The molecule has 0 aliphatic heterocycles. The predicted molar refractivity (Wildman–Crippen MR) is 79.7 cm³/mol. The lowest BCUT2D eigenvalue weighted by molar-refractivity contribution is -0.140. The minimum Gasteiger partial charge on any atom is -0.480 e. The molecule has 0 aliphatic rings. The van der Waals surface area contributed by atoms with Crippen LogP contribution in [0.3, 0.4) is 0 Å². The molecule has 2 atom stereocenters. The van der Waals surface area contributed by atoms with Crippen molar-refractivity contribution in [3.63, 3.8) is 0 Å². The summed E-state index contributed by atoms with van der Waals surface area (Å²) in [6.07, 6.45) is 7.14. The molecule has 2 aromatic heterocycles. The minimum atomic E-state index is -1.05. The molecule has 0 bridgehead atoms. The SMILES string of the molecule is CC[C@H](C)[C@H](NC(=O)c1cc(-n2ccnc2)ccn1)C(=O)O. The Morgan fingerprint density at radius 2 is 2.18 bits per heavy atom. The molecule has 1 amide bonds. The summed E-state index contributed by atoms with van der Waals surface area (Å²) < 4.78 is 1.74. The summed E-state index contributed by atoms with van der Waals surface area (Å²) in [5.74, 6) is -1.72. The van der Waals surface area contributed by atoms with Gasteiger partial charge in [-0.2, -0.15) is 0 Å². The number of nitrogens with one attached hydrogen (secondary N) is 1. The van der Waals surface area contributed by atoms with Crippen LogP contribution in [0.15, 0.2) is 37.1 Å². The molecule has 0 spiro atoms. The average molecular weight is 302 g/mol. The molecule has 0 saturated carbocycles. The second kappa shape index (κ2) is 6.84. The smallest absolute Gasteiger partial charge is 0.326 e. The van der Waals surface area contributed by atoms with Crippen LogP contribution in [0.5, 0.6) is 0 Å². The van der Waals surface area contributed by atoms with E-state index < -0.39 is 17.9 Å². The molecular weight excluding hydrogens is 284 g/mol. The zero-order valence-electron chi connectivity index (χ0n) is 12.4. The van der Waals surface area contributed by atoms with E-state index in [1.807, 2.05) is 6.92 Å². The first-order chi connectivity index (χ1) is 10.5. The second-order valence-corrected chi connectivity index (χ2v) is 5.04. The molecule has 7 nitrogen and oxygen atoms in total. The van der Waals surface area contributed by atoms with Gasteiger partial charge in [-0.25, -0.2) is 9.78 Å². The topological polar surface area (TPSA) is 97.1 Å². The summed E-state index contributed by atoms with van der Waals surface area (Å²) in [5.41, 5.74) is 0.897. The monoisotopic (exact) mass is 302 g/mol. The molecule has 2 N–H and O–H groups in total. The first kappa shape index (κ1) is 15.7. The Morgan fingerprint density at radius 1 is 1.41 bits per heavy atom. The number of pyridine rings is 1. The maximum Gasteiger partial charge on any atom is 0.326 e. The number of imidazole rings is 1. The van der Waals surface area contributed by atoms with Crippen molar-refractivity contribution in [2.75, 3.05) is 0 Å². The van der Waals surface area contributed by atoms with Crippen molar-refractivity contribution < 1.29 is 14.7 Å². The van der Waals surface area contributed by atoms with E-state index in [-0.39, 0.29) is 11.6 Å². The van der Waals surface area contributed by atoms with Crippen LogP contribution >= 0.6 is 0 Å². The number of aliphatic carboxylic acids is 1. The van der Waals surface area contributed by atoms with Crippen LogP contribution in [-0.4, -0.2) is 37.6 Å². The number of aromatic nitrogens is 3. The molecule has 0 unspecified atom stereocenters. The van der Waals surface area contributed by atoms with Crippen LogP contribution in [0.25, 0.3) is 5.69 Å². The minimum absolute atomic E-state index is 0.167. The Kier molecular flexibility index (Phi) is 4.88. The highest BCUT2D eigenvalue weighted by atomic mass is 16.4. The van der Waals surface area contributed by atoms with Gasteiger partial charge in [0.2, 0.25) is 0 Å². The van der Waals surface area contributed by atoms with Crippen molar-refractivity contribution in [1.82, 2.24) is 19.9 Å². The van der Waals surface area contributed by atoms with E-state index in [2.05, 4.69) is 15.3 Å². The Morgan fingerprint density at radius 3 is 2.77 bits per heavy atom. The number of carbonyl (C=O) groups excluding carboxylic acids is 1. The summed E-state index contributed by atoms with van der Waals surface area (Å²) in [5, 5.41) is 11.8. The number of carboxylic acids is 1. The zero-order chi connectivity index (χ0) is 16.1. The zero-order valence-corrected chi connectivity index (χ0v) is 12.4. The van der Waals surface area contributed by atoms with Crippen LogP contribution < -0.4 is 5.32 Å². The molecule has 116 valence electrons. The van der Waals surface area contributed by atoms with Gasteiger partial charge in [0.05, 0.1) is 12.0 Å². The van der Waals surface area contributed by atoms with E-state index in [0.29, 0.717) is 6.42 Å². The molecule has 0 aliphatic carbocycles. The maximum atomic E-state index is 12.2. The third-order valence-electron chi connectivity index (χ3n) is 3.54. The van der Waals surface area contributed by atoms with Crippen LogP contribution in [0.4, 0.5) is 0 Å². The Labute approximate surface area is 128 Å². The lowest BCUT2D eigenvalue weighted by Crippen LogP contribution is -2.45. The van der Waals surface area contributed by atoms with Gasteiger partial charge >= 0.3 is 5.97 Å². The van der Waals surface area contributed by atoms with Crippen LogP contribution in [-0.2, 0) is 4.79 Å². The number of hydrogen-bond donors (Lipinski definition) is 2. The van der Waals surface area contributed by atoms with E-state index in [0.717, 1.165) is 5.69 Å². The van der Waals surface area contributed by atoms with Gasteiger partial charge in [0.15, 0.2) is 0 Å². The van der Waals surface area contributed by atoms with E-state index in [1.54, 1.807) is 42.3 Å². The fraction of sp³-hybridized carbons (Fsp3) is 0.333. The molecule has 7 heteroatoms. The van der Waals surface area contributed by atoms with Gasteiger partial charge in [0.25, 0.3) is 5.91 Å². The van der Waals surface area contributed by atoms with E-state index >= 15 is 0 Å². The molecule has 22 heavy (non-hydrogen) atoms. The summed E-state index contributed by atoms with van der Waals surface area (Å²) in [6, 6.07) is 2.39. The van der Waals surface area contributed by atoms with E-state index in [4.69, 9.17) is 0 Å². The summed E-state index contributed by atoms with van der Waals surface area (Å²) >= 11 is 0. The van der Waals surface area contributed by atoms with Gasteiger partial charge in [-0.05, 0) is 18.1 Å². The van der Waals surface area contributed by atoms with Gasteiger partial charge in [0, 0.05) is 18.6 Å². The van der Waals surface area contributed by atoms with Gasteiger partial charge in [-0.1, -0.05) is 20.3 Å². The average Bonchev–Trinajstić information content (AvgIpc) is 3.06. The third-order valence-corrected chi connectivity index (χ3v) is 3.54. The van der Waals surface area contributed by atoms with Crippen molar-refractivity contribution in [2.24, 2.45) is 5.92 Å². The van der Waals surface area contributed by atoms with Crippen molar-refractivity contribution in [3.05, 3.63) is 42.7 Å². The quantitative estimate of drug-likeness (QED) is 0.842. The van der Waals surface area contributed by atoms with E-state index in [1.165, 1.54) is 6.20 Å². The third kappa shape index (κ3) is 3.49. The van der Waals surface area contributed by atoms with Crippen molar-refractivity contribution >= 4 is 11.9 Å². The molecule has 0 radical (unpaired) electrons.